The second-order valence-corrected chi connectivity index (χ2v) is 7.36. The molecule has 3 aromatic carbocycles. The zero-order valence-electron chi connectivity index (χ0n) is 17.7. The molecule has 1 aliphatic heterocycles. The summed E-state index contributed by atoms with van der Waals surface area (Å²) in [5, 5.41) is 16.6. The third-order valence-corrected chi connectivity index (χ3v) is 4.99. The van der Waals surface area contributed by atoms with Gasteiger partial charge in [-0.2, -0.15) is 0 Å². The summed E-state index contributed by atoms with van der Waals surface area (Å²) < 4.78 is 13.8. The van der Waals surface area contributed by atoms with Crippen molar-refractivity contribution < 1.29 is 23.7 Å². The van der Waals surface area contributed by atoms with E-state index in [9.17, 15) is 28.9 Å². The van der Waals surface area contributed by atoms with E-state index in [0.29, 0.717) is 11.4 Å². The van der Waals surface area contributed by atoms with Crippen molar-refractivity contribution in [1.82, 2.24) is 0 Å². The predicted molar refractivity (Wildman–Crippen MR) is 123 cm³/mol. The van der Waals surface area contributed by atoms with E-state index in [1.54, 1.807) is 24.3 Å². The van der Waals surface area contributed by atoms with Crippen molar-refractivity contribution in [3.63, 3.8) is 0 Å². The van der Waals surface area contributed by atoms with Crippen molar-refractivity contribution in [2.24, 2.45) is 0 Å². The Morgan fingerprint density at radius 2 is 1.59 bits per heavy atom. The maximum Gasteiger partial charge on any atom is 0.282 e. The van der Waals surface area contributed by atoms with Gasteiger partial charge in [-0.1, -0.05) is 6.07 Å². The molecule has 0 saturated heterocycles. The van der Waals surface area contributed by atoms with Crippen LogP contribution in [0.25, 0.3) is 5.57 Å². The van der Waals surface area contributed by atoms with Gasteiger partial charge in [0, 0.05) is 30.4 Å². The smallest absolute Gasteiger partial charge is 0.282 e. The zero-order valence-corrected chi connectivity index (χ0v) is 17.7. The Balaban J connectivity index is 1.76. The molecule has 0 unspecified atom stereocenters. The zero-order chi connectivity index (χ0) is 24.4. The van der Waals surface area contributed by atoms with E-state index in [0.717, 1.165) is 11.0 Å². The lowest BCUT2D eigenvalue weighted by Gasteiger charge is -2.15. The van der Waals surface area contributed by atoms with Crippen LogP contribution in [-0.2, 0) is 14.4 Å². The fraction of sp³-hybridized carbons (Fsp3) is 0.0417. The Morgan fingerprint density at radius 3 is 2.18 bits per heavy atom. The Kier molecular flexibility index (Phi) is 5.88. The number of nitro groups is 1. The van der Waals surface area contributed by atoms with E-state index in [1.165, 1.54) is 49.4 Å². The minimum absolute atomic E-state index is 0.0184. The highest BCUT2D eigenvalue weighted by molar-refractivity contribution is 6.46. The van der Waals surface area contributed by atoms with Crippen molar-refractivity contribution in [3.05, 3.63) is 100.0 Å². The molecule has 2 N–H and O–H groups in total. The molecule has 0 radical (unpaired) electrons. The predicted octanol–water partition coefficient (Wildman–Crippen LogP) is 4.09. The van der Waals surface area contributed by atoms with Crippen molar-refractivity contribution >= 4 is 46.0 Å². The highest BCUT2D eigenvalue weighted by Crippen LogP contribution is 2.34. The maximum atomic E-state index is 13.8. The van der Waals surface area contributed by atoms with E-state index in [-0.39, 0.29) is 34.1 Å². The molecular weight excluding hydrogens is 443 g/mol. The quantitative estimate of drug-likeness (QED) is 0.325. The van der Waals surface area contributed by atoms with Crippen LogP contribution in [-0.4, -0.2) is 22.6 Å². The molecule has 0 aliphatic carbocycles. The fourth-order valence-electron chi connectivity index (χ4n) is 3.50. The van der Waals surface area contributed by atoms with Gasteiger partial charge in [-0.25, -0.2) is 9.29 Å². The minimum atomic E-state index is -0.713. The Morgan fingerprint density at radius 1 is 0.941 bits per heavy atom. The molecule has 0 aromatic heterocycles. The molecule has 3 amide bonds. The summed E-state index contributed by atoms with van der Waals surface area (Å²) in [4.78, 5) is 49.1. The molecule has 0 saturated carbocycles. The SMILES string of the molecule is CC(=O)Nc1ccc(NC2=C(c3ccc([N+](=O)[O-])cc3)C(=O)N(c3cccc(F)c3)C2=O)cc1. The van der Waals surface area contributed by atoms with Gasteiger partial charge in [-0.15, -0.1) is 0 Å². The fourth-order valence-corrected chi connectivity index (χ4v) is 3.50. The number of rotatable bonds is 6. The molecule has 4 rings (SSSR count). The third kappa shape index (κ3) is 4.37. The molecule has 9 nitrogen and oxygen atoms in total. The first-order valence-electron chi connectivity index (χ1n) is 10.0. The van der Waals surface area contributed by atoms with E-state index in [4.69, 9.17) is 0 Å². The number of amides is 3. The van der Waals surface area contributed by atoms with Crippen molar-refractivity contribution in [2.75, 3.05) is 15.5 Å². The summed E-state index contributed by atoms with van der Waals surface area (Å²) in [5.41, 5.74) is 1.05. The van der Waals surface area contributed by atoms with Crippen LogP contribution in [0.1, 0.15) is 12.5 Å². The van der Waals surface area contributed by atoms with Crippen LogP contribution in [0.2, 0.25) is 0 Å². The van der Waals surface area contributed by atoms with Gasteiger partial charge < -0.3 is 10.6 Å². The van der Waals surface area contributed by atoms with Gasteiger partial charge in [0.2, 0.25) is 5.91 Å². The summed E-state index contributed by atoms with van der Waals surface area (Å²) in [6, 6.07) is 16.7. The van der Waals surface area contributed by atoms with Crippen LogP contribution in [0.4, 0.5) is 27.1 Å². The number of nitrogens with one attached hydrogen (secondary N) is 2. The van der Waals surface area contributed by atoms with Crippen LogP contribution >= 0.6 is 0 Å². The van der Waals surface area contributed by atoms with Gasteiger partial charge in [-0.05, 0) is 60.2 Å². The van der Waals surface area contributed by atoms with E-state index >= 15 is 0 Å². The number of anilines is 3. The Bertz CT molecular complexity index is 1350. The number of carbonyl (C=O) groups is 3. The van der Waals surface area contributed by atoms with Gasteiger partial charge in [0.1, 0.15) is 11.5 Å². The number of nitrogens with zero attached hydrogens (tertiary/aromatic N) is 2. The van der Waals surface area contributed by atoms with E-state index < -0.39 is 22.6 Å². The summed E-state index contributed by atoms with van der Waals surface area (Å²) in [7, 11) is 0. The monoisotopic (exact) mass is 460 g/mol. The molecule has 1 heterocycles. The normalized spacial score (nSPS) is 13.3. The average Bonchev–Trinajstić information content (AvgIpc) is 3.04. The lowest BCUT2D eigenvalue weighted by Crippen LogP contribution is -2.32. The topological polar surface area (TPSA) is 122 Å². The van der Waals surface area contributed by atoms with Crippen LogP contribution in [0, 0.1) is 15.9 Å². The summed E-state index contributed by atoms with van der Waals surface area (Å²) in [6.45, 7) is 1.37. The molecule has 0 spiro atoms. The standard InChI is InChI=1S/C24H17FN4O5/c1-14(30)26-17-7-9-18(10-8-17)27-22-21(15-5-11-19(12-6-15)29(33)34)23(31)28(24(22)32)20-4-2-3-16(25)13-20/h2-13,27H,1H3,(H,26,30). The summed E-state index contributed by atoms with van der Waals surface area (Å²) in [5.74, 6) is -2.28. The minimum Gasteiger partial charge on any atom is -0.350 e. The summed E-state index contributed by atoms with van der Waals surface area (Å²) >= 11 is 0. The van der Waals surface area contributed by atoms with Gasteiger partial charge in [0.25, 0.3) is 17.5 Å². The van der Waals surface area contributed by atoms with Crippen LogP contribution in [0.15, 0.2) is 78.5 Å². The van der Waals surface area contributed by atoms with Crippen molar-refractivity contribution in [1.29, 1.82) is 0 Å². The second-order valence-electron chi connectivity index (χ2n) is 7.36. The second kappa shape index (κ2) is 8.94. The third-order valence-electron chi connectivity index (χ3n) is 4.99. The molecule has 3 aromatic rings. The first kappa shape index (κ1) is 22.3. The van der Waals surface area contributed by atoms with Crippen LogP contribution in [0.5, 0.6) is 0 Å². The first-order chi connectivity index (χ1) is 16.2. The molecule has 0 bridgehead atoms. The lowest BCUT2D eigenvalue weighted by molar-refractivity contribution is -0.384. The van der Waals surface area contributed by atoms with E-state index in [1.807, 2.05) is 0 Å². The number of benzene rings is 3. The van der Waals surface area contributed by atoms with Gasteiger partial charge in [-0.3, -0.25) is 24.5 Å². The number of imide groups is 1. The van der Waals surface area contributed by atoms with Crippen molar-refractivity contribution in [3.8, 4) is 0 Å². The Labute approximate surface area is 192 Å². The van der Waals surface area contributed by atoms with Gasteiger partial charge in [0.15, 0.2) is 0 Å². The van der Waals surface area contributed by atoms with Crippen LogP contribution < -0.4 is 15.5 Å². The number of halogens is 1. The molecule has 34 heavy (non-hydrogen) atoms. The summed E-state index contributed by atoms with van der Waals surface area (Å²) in [6.07, 6.45) is 0. The first-order valence-corrected chi connectivity index (χ1v) is 10.0. The van der Waals surface area contributed by atoms with Crippen molar-refractivity contribution in [2.45, 2.75) is 6.92 Å². The number of non-ortho nitro benzene ring substituents is 1. The molecule has 0 atom stereocenters. The average molecular weight is 460 g/mol. The van der Waals surface area contributed by atoms with E-state index in [2.05, 4.69) is 10.6 Å². The highest BCUT2D eigenvalue weighted by Gasteiger charge is 2.40. The molecule has 0 fully saturated rings. The largest absolute Gasteiger partial charge is 0.350 e. The van der Waals surface area contributed by atoms with Gasteiger partial charge in [0.05, 0.1) is 16.2 Å². The van der Waals surface area contributed by atoms with Crippen LogP contribution in [0.3, 0.4) is 0 Å². The highest BCUT2D eigenvalue weighted by atomic mass is 19.1. The number of nitro benzene ring substituents is 1. The molecule has 10 heteroatoms. The number of carbonyl (C=O) groups excluding carboxylic acids is 3. The number of hydrogen-bond acceptors (Lipinski definition) is 6. The number of hydrogen-bond donors (Lipinski definition) is 2. The molecule has 170 valence electrons. The molecular formula is C24H17FN4O5. The Hall–Kier alpha value is -4.86. The van der Waals surface area contributed by atoms with Gasteiger partial charge >= 0.3 is 0 Å². The lowest BCUT2D eigenvalue weighted by atomic mass is 10.0. The molecule has 1 aliphatic rings. The maximum absolute atomic E-state index is 13.8.